The number of nitrogens with two attached hydrogens (primary N) is 1. The minimum absolute atomic E-state index is 0.120. The van der Waals surface area contributed by atoms with Crippen molar-refractivity contribution in [2.75, 3.05) is 12.3 Å². The van der Waals surface area contributed by atoms with E-state index in [-0.39, 0.29) is 24.1 Å². The van der Waals surface area contributed by atoms with Gasteiger partial charge in [0.25, 0.3) is 0 Å². The molecule has 0 aliphatic carbocycles. The Labute approximate surface area is 195 Å². The molecule has 0 aliphatic heterocycles. The first-order valence-electron chi connectivity index (χ1n) is 10.6. The van der Waals surface area contributed by atoms with Crippen molar-refractivity contribution in [2.45, 2.75) is 25.9 Å². The molecule has 0 bridgehead atoms. The topological polar surface area (TPSA) is 116 Å². The lowest BCUT2D eigenvalue weighted by atomic mass is 10.1. The van der Waals surface area contributed by atoms with E-state index in [1.54, 1.807) is 32.3 Å². The molecule has 0 fully saturated rings. The number of aromatic nitrogens is 4. The van der Waals surface area contributed by atoms with Gasteiger partial charge in [-0.3, -0.25) is 4.79 Å². The van der Waals surface area contributed by atoms with Crippen molar-refractivity contribution >= 4 is 5.69 Å². The van der Waals surface area contributed by atoms with Gasteiger partial charge in [0, 0.05) is 29.9 Å². The summed E-state index contributed by atoms with van der Waals surface area (Å²) in [4.78, 5) is 21.1. The van der Waals surface area contributed by atoms with E-state index in [9.17, 15) is 14.3 Å². The number of anilines is 1. The van der Waals surface area contributed by atoms with Crippen molar-refractivity contribution in [3.8, 4) is 22.8 Å². The average molecular weight is 461 g/mol. The SMILES string of the molecule is CC(C)(O)COc1cnc(-c2cccc(Cc3nn(-c4cc(N)cc(F)c4)ccc3=O)c2)nc1. The van der Waals surface area contributed by atoms with Crippen LogP contribution in [0.1, 0.15) is 25.1 Å². The lowest BCUT2D eigenvalue weighted by molar-refractivity contribution is 0.0282. The number of hydrogen-bond donors (Lipinski definition) is 2. The number of nitrogens with zero attached hydrogens (tertiary/aromatic N) is 4. The highest BCUT2D eigenvalue weighted by molar-refractivity contribution is 5.56. The van der Waals surface area contributed by atoms with E-state index in [4.69, 9.17) is 10.5 Å². The Morgan fingerprint density at radius 2 is 1.88 bits per heavy atom. The number of hydrogen-bond acceptors (Lipinski definition) is 7. The molecule has 2 heterocycles. The Balaban J connectivity index is 1.55. The van der Waals surface area contributed by atoms with Crippen LogP contribution in [0.5, 0.6) is 5.75 Å². The molecule has 4 rings (SSSR count). The van der Waals surface area contributed by atoms with Gasteiger partial charge in [-0.2, -0.15) is 5.10 Å². The maximum atomic E-state index is 13.8. The molecule has 0 radical (unpaired) electrons. The summed E-state index contributed by atoms with van der Waals surface area (Å²) in [5.41, 5.74) is 7.14. The average Bonchev–Trinajstić information content (AvgIpc) is 2.78. The second-order valence-electron chi connectivity index (χ2n) is 8.53. The number of benzene rings is 2. The maximum Gasteiger partial charge on any atom is 0.203 e. The molecule has 34 heavy (non-hydrogen) atoms. The highest BCUT2D eigenvalue weighted by Crippen LogP contribution is 2.20. The fourth-order valence-corrected chi connectivity index (χ4v) is 3.26. The predicted molar refractivity (Wildman–Crippen MR) is 126 cm³/mol. The van der Waals surface area contributed by atoms with Crippen LogP contribution in [0.3, 0.4) is 0 Å². The van der Waals surface area contributed by atoms with E-state index < -0.39 is 11.4 Å². The van der Waals surface area contributed by atoms with Crippen LogP contribution in [0.2, 0.25) is 0 Å². The molecule has 0 unspecified atom stereocenters. The van der Waals surface area contributed by atoms with Crippen LogP contribution in [0.25, 0.3) is 17.1 Å². The van der Waals surface area contributed by atoms with Crippen molar-refractivity contribution in [3.63, 3.8) is 0 Å². The lowest BCUT2D eigenvalue weighted by Gasteiger charge is -2.17. The summed E-state index contributed by atoms with van der Waals surface area (Å²) in [6.45, 7) is 3.42. The molecule has 2 aromatic heterocycles. The van der Waals surface area contributed by atoms with Crippen molar-refractivity contribution in [2.24, 2.45) is 0 Å². The standard InChI is InChI=1S/C25H24FN5O3/c1-25(2,33)15-34-21-13-28-24(29-14-21)17-5-3-4-16(8-17)9-22-23(32)6-7-31(30-22)20-11-18(26)10-19(27)12-20/h3-8,10-14,33H,9,15,27H2,1-2H3. The molecule has 4 aromatic rings. The van der Waals surface area contributed by atoms with Crippen molar-refractivity contribution in [1.29, 1.82) is 0 Å². The van der Waals surface area contributed by atoms with Gasteiger partial charge < -0.3 is 15.6 Å². The zero-order chi connectivity index (χ0) is 24.3. The Morgan fingerprint density at radius 1 is 1.12 bits per heavy atom. The molecule has 9 heteroatoms. The number of ether oxygens (including phenoxy) is 1. The molecule has 0 amide bonds. The third-order valence-electron chi connectivity index (χ3n) is 4.83. The zero-order valence-electron chi connectivity index (χ0n) is 18.8. The quantitative estimate of drug-likeness (QED) is 0.406. The highest BCUT2D eigenvalue weighted by atomic mass is 19.1. The van der Waals surface area contributed by atoms with Gasteiger partial charge in [0.1, 0.15) is 18.1 Å². The van der Waals surface area contributed by atoms with Crippen LogP contribution < -0.4 is 15.9 Å². The first kappa shape index (κ1) is 23.1. The monoisotopic (exact) mass is 461 g/mol. The Kier molecular flexibility index (Phi) is 6.38. The predicted octanol–water partition coefficient (Wildman–Crippen LogP) is 3.15. The smallest absolute Gasteiger partial charge is 0.203 e. The number of aliphatic hydroxyl groups is 1. The van der Waals surface area contributed by atoms with Crippen LogP contribution in [-0.4, -0.2) is 37.1 Å². The molecule has 8 nitrogen and oxygen atoms in total. The fourth-order valence-electron chi connectivity index (χ4n) is 3.26. The third kappa shape index (κ3) is 5.81. The Hall–Kier alpha value is -4.11. The van der Waals surface area contributed by atoms with Crippen molar-refractivity contribution in [1.82, 2.24) is 19.7 Å². The summed E-state index contributed by atoms with van der Waals surface area (Å²) in [6.07, 6.45) is 4.84. The Bertz CT molecular complexity index is 1340. The highest BCUT2D eigenvalue weighted by Gasteiger charge is 2.14. The third-order valence-corrected chi connectivity index (χ3v) is 4.83. The molecular weight excluding hydrogens is 437 g/mol. The van der Waals surface area contributed by atoms with E-state index in [2.05, 4.69) is 15.1 Å². The van der Waals surface area contributed by atoms with Crippen LogP contribution in [-0.2, 0) is 6.42 Å². The summed E-state index contributed by atoms with van der Waals surface area (Å²) in [6, 6.07) is 13.0. The molecule has 0 saturated carbocycles. The van der Waals surface area contributed by atoms with Crippen LogP contribution in [0, 0.1) is 5.82 Å². The van der Waals surface area contributed by atoms with E-state index in [0.29, 0.717) is 23.0 Å². The number of rotatable bonds is 7. The molecule has 3 N–H and O–H groups in total. The van der Waals surface area contributed by atoms with E-state index in [1.807, 2.05) is 24.3 Å². The minimum Gasteiger partial charge on any atom is -0.487 e. The Morgan fingerprint density at radius 3 is 2.59 bits per heavy atom. The molecule has 2 aromatic carbocycles. The van der Waals surface area contributed by atoms with E-state index >= 15 is 0 Å². The van der Waals surface area contributed by atoms with Gasteiger partial charge in [0.05, 0.1) is 23.7 Å². The van der Waals surface area contributed by atoms with Crippen molar-refractivity contribution in [3.05, 3.63) is 94.4 Å². The maximum absolute atomic E-state index is 13.8. The zero-order valence-corrected chi connectivity index (χ0v) is 18.8. The molecule has 0 saturated heterocycles. The van der Waals surface area contributed by atoms with Gasteiger partial charge in [-0.15, -0.1) is 0 Å². The van der Waals surface area contributed by atoms with Gasteiger partial charge in [-0.05, 0) is 43.7 Å². The second-order valence-corrected chi connectivity index (χ2v) is 8.53. The fraction of sp³-hybridized carbons (Fsp3) is 0.200. The molecule has 174 valence electrons. The van der Waals surface area contributed by atoms with Gasteiger partial charge in [0.2, 0.25) is 5.43 Å². The van der Waals surface area contributed by atoms with Crippen LogP contribution in [0.15, 0.2) is 71.9 Å². The molecule has 0 spiro atoms. The molecular formula is C25H24FN5O3. The largest absolute Gasteiger partial charge is 0.487 e. The van der Waals surface area contributed by atoms with Crippen LogP contribution >= 0.6 is 0 Å². The summed E-state index contributed by atoms with van der Waals surface area (Å²) in [7, 11) is 0. The normalized spacial score (nSPS) is 11.4. The van der Waals surface area contributed by atoms with Gasteiger partial charge >= 0.3 is 0 Å². The lowest BCUT2D eigenvalue weighted by Crippen LogP contribution is -2.27. The molecule has 0 aliphatic rings. The number of nitrogen functional groups attached to an aromatic ring is 1. The minimum atomic E-state index is -0.960. The summed E-state index contributed by atoms with van der Waals surface area (Å²) in [5, 5.41) is 14.2. The van der Waals surface area contributed by atoms with Crippen molar-refractivity contribution < 1.29 is 14.2 Å². The number of halogens is 1. The summed E-state index contributed by atoms with van der Waals surface area (Å²) < 4.78 is 20.7. The van der Waals surface area contributed by atoms with E-state index in [1.165, 1.54) is 29.1 Å². The van der Waals surface area contributed by atoms with E-state index in [0.717, 1.165) is 11.1 Å². The van der Waals surface area contributed by atoms with Gasteiger partial charge in [-0.25, -0.2) is 19.0 Å². The summed E-state index contributed by atoms with van der Waals surface area (Å²) >= 11 is 0. The van der Waals surface area contributed by atoms with Crippen LogP contribution in [0.4, 0.5) is 10.1 Å². The second kappa shape index (κ2) is 9.40. The first-order chi connectivity index (χ1) is 16.2. The summed E-state index contributed by atoms with van der Waals surface area (Å²) in [5.74, 6) is 0.460. The van der Waals surface area contributed by atoms with Gasteiger partial charge in [0.15, 0.2) is 11.6 Å². The molecule has 0 atom stereocenters. The first-order valence-corrected chi connectivity index (χ1v) is 10.6. The van der Waals surface area contributed by atoms with Gasteiger partial charge in [-0.1, -0.05) is 18.2 Å².